The van der Waals surface area contributed by atoms with E-state index in [0.717, 1.165) is 5.56 Å². The number of ether oxygens (including phenoxy) is 1. The van der Waals surface area contributed by atoms with Crippen LogP contribution in [0.3, 0.4) is 0 Å². The first-order valence-electron chi connectivity index (χ1n) is 6.10. The van der Waals surface area contributed by atoms with Crippen LogP contribution in [0.1, 0.15) is 5.56 Å². The van der Waals surface area contributed by atoms with E-state index in [-0.39, 0.29) is 28.8 Å². The highest BCUT2D eigenvalue weighted by Gasteiger charge is 2.11. The van der Waals surface area contributed by atoms with Gasteiger partial charge in [-0.15, -0.1) is 0 Å². The Labute approximate surface area is 132 Å². The molecule has 2 aromatic rings. The maximum absolute atomic E-state index is 12.0. The second-order valence-corrected chi connectivity index (χ2v) is 5.20. The van der Waals surface area contributed by atoms with Crippen molar-refractivity contribution in [2.45, 2.75) is 6.42 Å². The van der Waals surface area contributed by atoms with Crippen molar-refractivity contribution in [3.8, 4) is 11.5 Å². The molecule has 2 rings (SSSR count). The minimum absolute atomic E-state index is 0.0826. The van der Waals surface area contributed by atoms with Crippen LogP contribution in [0.15, 0.2) is 36.4 Å². The van der Waals surface area contributed by atoms with Crippen LogP contribution in [0.2, 0.25) is 10.0 Å². The Kier molecular flexibility index (Phi) is 4.94. The van der Waals surface area contributed by atoms with Gasteiger partial charge in [0.05, 0.1) is 24.2 Å². The minimum atomic E-state index is -0.295. The van der Waals surface area contributed by atoms with E-state index < -0.39 is 0 Å². The molecule has 0 saturated heterocycles. The maximum Gasteiger partial charge on any atom is 0.228 e. The van der Waals surface area contributed by atoms with E-state index in [4.69, 9.17) is 27.9 Å². The molecule has 0 spiro atoms. The van der Waals surface area contributed by atoms with Gasteiger partial charge in [-0.1, -0.05) is 35.3 Å². The Hall–Kier alpha value is -1.91. The Bertz CT molecular complexity index is 674. The van der Waals surface area contributed by atoms with Crippen LogP contribution in [0.5, 0.6) is 11.5 Å². The van der Waals surface area contributed by atoms with Gasteiger partial charge in [0, 0.05) is 5.02 Å². The summed E-state index contributed by atoms with van der Waals surface area (Å²) in [5.74, 6) is 0.172. The summed E-state index contributed by atoms with van der Waals surface area (Å²) in [5.41, 5.74) is 0.972. The van der Waals surface area contributed by atoms with Crippen molar-refractivity contribution in [2.24, 2.45) is 0 Å². The third-order valence-electron chi connectivity index (χ3n) is 2.80. The molecule has 0 aromatic heterocycles. The zero-order valence-electron chi connectivity index (χ0n) is 11.2. The second-order valence-electron chi connectivity index (χ2n) is 4.36. The molecule has 0 heterocycles. The predicted molar refractivity (Wildman–Crippen MR) is 83.5 cm³/mol. The molecule has 4 nitrogen and oxygen atoms in total. The van der Waals surface area contributed by atoms with Crippen LogP contribution in [0.25, 0.3) is 0 Å². The number of carbonyl (C=O) groups is 1. The Morgan fingerprint density at radius 1 is 1.29 bits per heavy atom. The fourth-order valence-electron chi connectivity index (χ4n) is 1.82. The molecule has 0 atom stereocenters. The van der Waals surface area contributed by atoms with E-state index in [2.05, 4.69) is 5.32 Å². The number of hydrogen-bond acceptors (Lipinski definition) is 3. The van der Waals surface area contributed by atoms with Crippen molar-refractivity contribution < 1.29 is 14.6 Å². The summed E-state index contributed by atoms with van der Waals surface area (Å²) in [4.78, 5) is 12.0. The number of anilines is 1. The lowest BCUT2D eigenvalue weighted by atomic mass is 10.1. The third-order valence-corrected chi connectivity index (χ3v) is 3.31. The van der Waals surface area contributed by atoms with Crippen LogP contribution in [0, 0.1) is 0 Å². The number of carbonyl (C=O) groups excluding carboxylic acids is 1. The molecule has 0 saturated carbocycles. The molecule has 6 heteroatoms. The van der Waals surface area contributed by atoms with E-state index in [1.54, 1.807) is 25.3 Å². The first-order valence-corrected chi connectivity index (χ1v) is 6.86. The molecule has 0 fully saturated rings. The molecular formula is C15H13Cl2NO3. The lowest BCUT2D eigenvalue weighted by Gasteiger charge is -2.09. The summed E-state index contributed by atoms with van der Waals surface area (Å²) in [6, 6.07) is 10.0. The first kappa shape index (κ1) is 15.5. The monoisotopic (exact) mass is 325 g/mol. The quantitative estimate of drug-likeness (QED) is 0.838. The van der Waals surface area contributed by atoms with Crippen molar-refractivity contribution in [1.29, 1.82) is 0 Å². The lowest BCUT2D eigenvalue weighted by Crippen LogP contribution is -2.14. The van der Waals surface area contributed by atoms with E-state index in [0.29, 0.717) is 10.8 Å². The number of aromatic hydroxyl groups is 1. The topological polar surface area (TPSA) is 58.6 Å². The molecule has 2 aromatic carbocycles. The summed E-state index contributed by atoms with van der Waals surface area (Å²) >= 11 is 11.6. The van der Waals surface area contributed by atoms with E-state index in [1.165, 1.54) is 12.1 Å². The van der Waals surface area contributed by atoms with Crippen LogP contribution >= 0.6 is 23.2 Å². The van der Waals surface area contributed by atoms with Crippen molar-refractivity contribution in [2.75, 3.05) is 12.4 Å². The number of nitrogens with one attached hydrogen (secondary N) is 1. The van der Waals surface area contributed by atoms with Crippen molar-refractivity contribution >= 4 is 34.8 Å². The predicted octanol–water partition coefficient (Wildman–Crippen LogP) is 3.89. The Balaban J connectivity index is 2.11. The smallest absolute Gasteiger partial charge is 0.228 e. The first-order chi connectivity index (χ1) is 9.99. The van der Waals surface area contributed by atoms with Gasteiger partial charge < -0.3 is 15.2 Å². The average molecular weight is 326 g/mol. The molecule has 0 radical (unpaired) electrons. The largest absolute Gasteiger partial charge is 0.504 e. The van der Waals surface area contributed by atoms with E-state index >= 15 is 0 Å². The van der Waals surface area contributed by atoms with Gasteiger partial charge in [0.15, 0.2) is 5.75 Å². The molecule has 21 heavy (non-hydrogen) atoms. The summed E-state index contributed by atoms with van der Waals surface area (Å²) < 4.78 is 5.10. The molecule has 1 amide bonds. The number of hydrogen-bond donors (Lipinski definition) is 2. The van der Waals surface area contributed by atoms with Gasteiger partial charge in [-0.2, -0.15) is 0 Å². The fourth-order valence-corrected chi connectivity index (χ4v) is 2.32. The minimum Gasteiger partial charge on any atom is -0.504 e. The van der Waals surface area contributed by atoms with Crippen molar-refractivity contribution in [3.63, 3.8) is 0 Å². The normalized spacial score (nSPS) is 10.2. The Morgan fingerprint density at radius 2 is 2.05 bits per heavy atom. The summed E-state index contributed by atoms with van der Waals surface area (Å²) in [5, 5.41) is 12.8. The number of halogens is 2. The molecule has 0 unspecified atom stereocenters. The van der Waals surface area contributed by atoms with Gasteiger partial charge >= 0.3 is 0 Å². The van der Waals surface area contributed by atoms with Gasteiger partial charge in [0.1, 0.15) is 5.75 Å². The zero-order chi connectivity index (χ0) is 15.4. The highest BCUT2D eigenvalue weighted by molar-refractivity contribution is 6.36. The molecule has 0 bridgehead atoms. The number of phenolic OH excluding ortho intramolecular Hbond substituents is 1. The van der Waals surface area contributed by atoms with Gasteiger partial charge in [-0.05, 0) is 29.8 Å². The van der Waals surface area contributed by atoms with Gasteiger partial charge in [0.25, 0.3) is 0 Å². The maximum atomic E-state index is 12.0. The van der Waals surface area contributed by atoms with Gasteiger partial charge in [-0.3, -0.25) is 4.79 Å². The fraction of sp³-hybridized carbons (Fsp3) is 0.133. The molecule has 0 aliphatic rings. The molecule has 0 aliphatic heterocycles. The SMILES string of the molecule is COc1cccc(CC(=O)Nc2cc(Cl)cc(Cl)c2O)c1. The molecular weight excluding hydrogens is 313 g/mol. The third kappa shape index (κ3) is 4.03. The summed E-state index contributed by atoms with van der Waals surface area (Å²) in [6.45, 7) is 0. The van der Waals surface area contributed by atoms with Gasteiger partial charge in [-0.25, -0.2) is 0 Å². The Morgan fingerprint density at radius 3 is 2.76 bits per heavy atom. The van der Waals surface area contributed by atoms with Crippen LogP contribution < -0.4 is 10.1 Å². The van der Waals surface area contributed by atoms with Crippen molar-refractivity contribution in [3.05, 3.63) is 52.0 Å². The lowest BCUT2D eigenvalue weighted by molar-refractivity contribution is -0.115. The molecule has 2 N–H and O–H groups in total. The zero-order valence-corrected chi connectivity index (χ0v) is 12.7. The van der Waals surface area contributed by atoms with Crippen LogP contribution in [-0.4, -0.2) is 18.1 Å². The second kappa shape index (κ2) is 6.70. The highest BCUT2D eigenvalue weighted by Crippen LogP contribution is 2.35. The molecule has 110 valence electrons. The number of amides is 1. The molecule has 0 aliphatic carbocycles. The van der Waals surface area contributed by atoms with E-state index in [1.807, 2.05) is 6.07 Å². The number of rotatable bonds is 4. The average Bonchev–Trinajstić information content (AvgIpc) is 2.44. The summed E-state index contributed by atoms with van der Waals surface area (Å²) in [7, 11) is 1.56. The highest BCUT2D eigenvalue weighted by atomic mass is 35.5. The standard InChI is InChI=1S/C15H13Cl2NO3/c1-21-11-4-2-3-9(5-11)6-14(19)18-13-8-10(16)7-12(17)15(13)20/h2-5,7-8,20H,6H2,1H3,(H,18,19). The van der Waals surface area contributed by atoms with E-state index in [9.17, 15) is 9.90 Å². The van der Waals surface area contributed by atoms with Crippen molar-refractivity contribution in [1.82, 2.24) is 0 Å². The van der Waals surface area contributed by atoms with Crippen LogP contribution in [0.4, 0.5) is 5.69 Å². The number of benzene rings is 2. The number of phenols is 1. The van der Waals surface area contributed by atoms with Crippen LogP contribution in [-0.2, 0) is 11.2 Å². The number of methoxy groups -OCH3 is 1. The van der Waals surface area contributed by atoms with Gasteiger partial charge in [0.2, 0.25) is 5.91 Å². The summed E-state index contributed by atoms with van der Waals surface area (Å²) in [6.07, 6.45) is 0.140.